The number of hydrogen-bond acceptors (Lipinski definition) is 3. The summed E-state index contributed by atoms with van der Waals surface area (Å²) in [4.78, 5) is 0. The fourth-order valence-electron chi connectivity index (χ4n) is 22.3. The third-order valence-electron chi connectivity index (χ3n) is 28.6. The third-order valence-corrected chi connectivity index (χ3v) is 28.6. The molecule has 0 spiro atoms. The Balaban J connectivity index is 0.000000104. The number of benzene rings is 21. The molecule has 0 aliphatic rings. The first-order chi connectivity index (χ1) is 70.0. The molecule has 9 heterocycles. The van der Waals surface area contributed by atoms with Gasteiger partial charge < -0.3 is 40.7 Å². The van der Waals surface area contributed by atoms with Gasteiger partial charge in [-0.3, -0.25) is 0 Å². The topological polar surface area (TPSA) is 69.0 Å². The van der Waals surface area contributed by atoms with E-state index >= 15 is 0 Å². The van der Waals surface area contributed by atoms with Crippen LogP contribution in [0, 0.1) is 0 Å². The van der Waals surface area contributed by atoms with Crippen LogP contribution in [-0.4, -0.2) is 27.4 Å². The van der Waals surface area contributed by atoms with Gasteiger partial charge in [-0.15, -0.1) is 0 Å². The first-order valence-corrected chi connectivity index (χ1v) is 48.1. The summed E-state index contributed by atoms with van der Waals surface area (Å²) >= 11 is 0. The van der Waals surface area contributed by atoms with Gasteiger partial charge in [0.2, 0.25) is 0 Å². The van der Waals surface area contributed by atoms with E-state index in [2.05, 4.69) is 537 Å². The van der Waals surface area contributed by atoms with Gasteiger partial charge in [-0.1, -0.05) is 346 Å². The summed E-state index contributed by atoms with van der Waals surface area (Å²) in [5, 5.41) is 14.2. The summed E-state index contributed by atoms with van der Waals surface area (Å²) in [6, 6.07) is 182. The number of furan rings is 3. The predicted octanol–water partition coefficient (Wildman–Crippen LogP) is 35.9. The molecule has 0 radical (unpaired) electrons. The second-order valence-electron chi connectivity index (χ2n) is 36.4. The Morgan fingerprint density at radius 3 is 0.709 bits per heavy atom. The summed E-state index contributed by atoms with van der Waals surface area (Å²) in [6.07, 6.45) is 0. The summed E-state index contributed by atoms with van der Waals surface area (Å²) in [5.41, 5.74) is 40.2. The predicted molar refractivity (Wildman–Crippen MR) is 587 cm³/mol. The Labute approximate surface area is 809 Å². The Morgan fingerprint density at radius 2 is 0.340 bits per heavy atom. The SMILES string of the molecule is c1ccc(-n2c3ccccc3c3cc(-c4ccc(-c5cccc6c5oc5c7ccccc7n(-c7ccccc7)c65)cc4)ccc32)cc1.c1ccc(-n2c3ccccc3c3ccc(-c4ccc(-c5cccc6c5oc5c7ccccc7n(-c7ccccc7)c65)cc4)cc32)cc1.c1ccc(-n2c3ccccc3c3cccc(-c4ccc(-c5cccc6c5oc5c7ccccc7n(-c7ccccc7)c65)cc4)c32)cc1. The highest BCUT2D eigenvalue weighted by atomic mass is 16.3. The number of aromatic nitrogens is 6. The van der Waals surface area contributed by atoms with Gasteiger partial charge in [0.25, 0.3) is 0 Å². The molecule has 0 N–H and O–H groups in total. The fraction of sp³-hybridized carbons (Fsp3) is 0. The second kappa shape index (κ2) is 33.0. The highest BCUT2D eigenvalue weighted by Gasteiger charge is 2.28. The number of para-hydroxylation sites is 16. The van der Waals surface area contributed by atoms with Gasteiger partial charge in [0.1, 0.15) is 33.3 Å². The van der Waals surface area contributed by atoms with E-state index in [1.165, 1.54) is 104 Å². The lowest BCUT2D eigenvalue weighted by Crippen LogP contribution is -1.95. The lowest BCUT2D eigenvalue weighted by Gasteiger charge is -2.12. The molecule has 0 unspecified atom stereocenters. The van der Waals surface area contributed by atoms with Gasteiger partial charge in [-0.25, -0.2) is 0 Å². The molecule has 0 bridgehead atoms. The van der Waals surface area contributed by atoms with E-state index in [1.807, 2.05) is 0 Å². The van der Waals surface area contributed by atoms with Crippen LogP contribution in [-0.2, 0) is 0 Å². The zero-order valence-corrected chi connectivity index (χ0v) is 76.4. The molecular formula is C132H84N6O3. The Bertz CT molecular complexity index is 10100. The van der Waals surface area contributed by atoms with E-state index in [0.717, 1.165) is 161 Å². The first-order valence-electron chi connectivity index (χ1n) is 48.1. The average Bonchev–Trinajstić information content (AvgIpc) is 1.55. The third kappa shape index (κ3) is 13.0. The van der Waals surface area contributed by atoms with Gasteiger partial charge in [0.15, 0.2) is 16.7 Å². The van der Waals surface area contributed by atoms with Crippen LogP contribution in [0.2, 0.25) is 0 Å². The molecule has 141 heavy (non-hydrogen) atoms. The molecule has 9 aromatic heterocycles. The summed E-state index contributed by atoms with van der Waals surface area (Å²) in [5.74, 6) is 0. The number of rotatable bonds is 12. The molecule has 9 nitrogen and oxygen atoms in total. The zero-order chi connectivity index (χ0) is 92.7. The van der Waals surface area contributed by atoms with Gasteiger partial charge in [0.05, 0.1) is 49.7 Å². The lowest BCUT2D eigenvalue weighted by molar-refractivity contribution is 0.673. The Morgan fingerprint density at radius 1 is 0.113 bits per heavy atom. The average molecular weight is 1800 g/mol. The van der Waals surface area contributed by atoms with Gasteiger partial charge in [-0.05, 0) is 208 Å². The second-order valence-corrected chi connectivity index (χ2v) is 36.4. The van der Waals surface area contributed by atoms with Crippen LogP contribution in [0.5, 0.6) is 0 Å². The van der Waals surface area contributed by atoms with Crippen molar-refractivity contribution in [2.75, 3.05) is 0 Å². The minimum atomic E-state index is 0.909. The Kier molecular flexibility index (Phi) is 18.8. The maximum atomic E-state index is 6.80. The maximum absolute atomic E-state index is 6.80. The van der Waals surface area contributed by atoms with Crippen LogP contribution in [0.25, 0.3) is 265 Å². The van der Waals surface area contributed by atoms with E-state index in [1.54, 1.807) is 0 Å². The highest BCUT2D eigenvalue weighted by molar-refractivity contribution is 6.23. The van der Waals surface area contributed by atoms with Gasteiger partial charge >= 0.3 is 0 Å². The number of nitrogens with zero attached hydrogens (tertiary/aromatic N) is 6. The van der Waals surface area contributed by atoms with Gasteiger partial charge in [-0.2, -0.15) is 0 Å². The monoisotopic (exact) mass is 1800 g/mol. The fourth-order valence-corrected chi connectivity index (χ4v) is 22.3. The normalized spacial score (nSPS) is 11.8. The molecule has 660 valence electrons. The molecule has 21 aromatic carbocycles. The molecule has 0 amide bonds. The number of hydrogen-bond donors (Lipinski definition) is 0. The quantitative estimate of drug-likeness (QED) is 0.122. The van der Waals surface area contributed by atoms with E-state index in [9.17, 15) is 0 Å². The van der Waals surface area contributed by atoms with Crippen molar-refractivity contribution in [1.29, 1.82) is 0 Å². The van der Waals surface area contributed by atoms with Crippen molar-refractivity contribution in [1.82, 2.24) is 27.4 Å². The van der Waals surface area contributed by atoms with Crippen LogP contribution in [0.3, 0.4) is 0 Å². The van der Waals surface area contributed by atoms with E-state index in [0.29, 0.717) is 0 Å². The molecule has 9 heteroatoms. The summed E-state index contributed by atoms with van der Waals surface area (Å²) in [6.45, 7) is 0. The van der Waals surface area contributed by atoms with Crippen molar-refractivity contribution in [3.05, 3.63) is 510 Å². The molecule has 0 saturated carbocycles. The van der Waals surface area contributed by atoms with E-state index < -0.39 is 0 Å². The standard InChI is InChI=1S/3C44H28N2O/c1-3-13-31(14-4-1)45-39-23-9-7-17-35(39)36-21-11-19-33(41(36)45)29-25-27-30(28-26-29)34-20-12-22-38-42-44(47-43(34)38)37-18-8-10-24-40(37)46(42)32-15-5-2-6-16-32;1-3-12-32(13-4-1)45-39-20-9-7-16-35(39)36-27-26-31(28-41(36)45)29-22-24-30(25-23-29)34-18-11-19-38-42-44(47-43(34)38)37-17-8-10-21-40(37)46(42)33-14-5-2-6-15-33;1-3-12-32(13-4-1)45-39-20-9-7-16-35(39)38-28-31(26-27-41(38)45)29-22-24-30(25-23-29)34-18-11-19-37-42-44(47-43(34)37)36-17-8-10-21-40(36)46(42)33-14-5-2-6-15-33/h3*1-28H. The van der Waals surface area contributed by atoms with Crippen molar-refractivity contribution in [2.24, 2.45) is 0 Å². The lowest BCUT2D eigenvalue weighted by atomic mass is 9.97. The molecule has 0 atom stereocenters. The van der Waals surface area contributed by atoms with Crippen molar-refractivity contribution < 1.29 is 13.3 Å². The molecule has 0 aliphatic carbocycles. The van der Waals surface area contributed by atoms with E-state index in [4.69, 9.17) is 13.3 Å². The van der Waals surface area contributed by atoms with Crippen molar-refractivity contribution in [3.8, 4) is 101 Å². The molecule has 30 aromatic rings. The van der Waals surface area contributed by atoms with Crippen molar-refractivity contribution in [3.63, 3.8) is 0 Å². The van der Waals surface area contributed by atoms with Crippen molar-refractivity contribution in [2.45, 2.75) is 0 Å². The maximum Gasteiger partial charge on any atom is 0.161 e. The van der Waals surface area contributed by atoms with Crippen LogP contribution >= 0.6 is 0 Å². The summed E-state index contributed by atoms with van der Waals surface area (Å²) < 4.78 is 34.5. The minimum Gasteiger partial charge on any atom is -0.453 e. The summed E-state index contributed by atoms with van der Waals surface area (Å²) in [7, 11) is 0. The molecule has 0 saturated heterocycles. The molecular weight excluding hydrogens is 1720 g/mol. The van der Waals surface area contributed by atoms with Crippen LogP contribution in [0.15, 0.2) is 523 Å². The first kappa shape index (κ1) is 80.5. The molecule has 0 fully saturated rings. The minimum absolute atomic E-state index is 0.909. The van der Waals surface area contributed by atoms with Crippen LogP contribution in [0.1, 0.15) is 0 Å². The van der Waals surface area contributed by atoms with Crippen LogP contribution < -0.4 is 0 Å². The van der Waals surface area contributed by atoms with Crippen LogP contribution in [0.4, 0.5) is 0 Å². The largest absolute Gasteiger partial charge is 0.453 e. The highest BCUT2D eigenvalue weighted by Crippen LogP contribution is 2.49. The van der Waals surface area contributed by atoms with Crippen molar-refractivity contribution >= 4 is 164 Å². The zero-order valence-electron chi connectivity index (χ0n) is 76.4. The van der Waals surface area contributed by atoms with Gasteiger partial charge in [0, 0.05) is 121 Å². The smallest absolute Gasteiger partial charge is 0.161 e. The Hall–Kier alpha value is -19.0. The number of fused-ring (bicyclic) bond motifs is 24. The van der Waals surface area contributed by atoms with E-state index in [-0.39, 0.29) is 0 Å². The molecule has 0 aliphatic heterocycles. The molecule has 30 rings (SSSR count).